The predicted molar refractivity (Wildman–Crippen MR) is 101 cm³/mol. The van der Waals surface area contributed by atoms with Crippen molar-refractivity contribution in [2.45, 2.75) is 6.42 Å². The van der Waals surface area contributed by atoms with Crippen molar-refractivity contribution in [1.82, 2.24) is 4.90 Å². The van der Waals surface area contributed by atoms with E-state index in [4.69, 9.17) is 4.74 Å². The van der Waals surface area contributed by atoms with Crippen molar-refractivity contribution < 1.29 is 9.53 Å². The van der Waals surface area contributed by atoms with Gasteiger partial charge in [0.05, 0.1) is 24.4 Å². The van der Waals surface area contributed by atoms with Gasteiger partial charge in [0.1, 0.15) is 5.75 Å². The van der Waals surface area contributed by atoms with Gasteiger partial charge in [0.25, 0.3) is 0 Å². The second kappa shape index (κ2) is 8.53. The lowest BCUT2D eigenvalue weighted by atomic mass is 10.2. The maximum absolute atomic E-state index is 12.3. The highest BCUT2D eigenvalue weighted by atomic mass is 16.5. The Bertz CT molecular complexity index is 682. The van der Waals surface area contributed by atoms with Gasteiger partial charge in [0, 0.05) is 26.2 Å². The minimum atomic E-state index is -0.0301. The van der Waals surface area contributed by atoms with Gasteiger partial charge < -0.3 is 19.9 Å². The first kappa shape index (κ1) is 17.3. The Balaban J connectivity index is 1.54. The first-order chi connectivity index (χ1) is 12.2. The summed E-state index contributed by atoms with van der Waals surface area (Å²) >= 11 is 0. The fraction of sp³-hybridized carbons (Fsp3) is 0.350. The number of hydrogen-bond donors (Lipinski definition) is 1. The molecule has 0 aromatic heterocycles. The number of benzene rings is 2. The largest absolute Gasteiger partial charge is 0.493 e. The molecule has 5 heteroatoms. The standard InChI is InChI=1S/C20H25N3O2/c1-22-12-14-23(15-13-22)19-10-6-5-9-18(19)21-20(24)11-16-25-17-7-3-2-4-8-17/h2-10H,11-16H2,1H3,(H,21,24). The lowest BCUT2D eigenvalue weighted by Crippen LogP contribution is -2.44. The third-order valence-electron chi connectivity index (χ3n) is 4.36. The number of amides is 1. The minimum absolute atomic E-state index is 0.0301. The van der Waals surface area contributed by atoms with Crippen LogP contribution in [0.3, 0.4) is 0 Å². The van der Waals surface area contributed by atoms with E-state index in [9.17, 15) is 4.79 Å². The van der Waals surface area contributed by atoms with Crippen LogP contribution in [-0.4, -0.2) is 50.6 Å². The smallest absolute Gasteiger partial charge is 0.227 e. The highest BCUT2D eigenvalue weighted by Gasteiger charge is 2.17. The van der Waals surface area contributed by atoms with Gasteiger partial charge in [-0.1, -0.05) is 30.3 Å². The number of anilines is 2. The van der Waals surface area contributed by atoms with E-state index >= 15 is 0 Å². The number of piperazine rings is 1. The van der Waals surface area contributed by atoms with E-state index in [1.165, 1.54) is 0 Å². The van der Waals surface area contributed by atoms with Crippen molar-refractivity contribution in [2.24, 2.45) is 0 Å². The Morgan fingerprint density at radius 3 is 2.44 bits per heavy atom. The third-order valence-corrected chi connectivity index (χ3v) is 4.36. The molecule has 0 spiro atoms. The molecule has 0 bridgehead atoms. The lowest BCUT2D eigenvalue weighted by molar-refractivity contribution is -0.116. The molecular formula is C20H25N3O2. The molecule has 132 valence electrons. The molecule has 0 unspecified atom stereocenters. The zero-order valence-electron chi connectivity index (χ0n) is 14.6. The SMILES string of the molecule is CN1CCN(c2ccccc2NC(=O)CCOc2ccccc2)CC1. The summed E-state index contributed by atoms with van der Waals surface area (Å²) in [4.78, 5) is 16.9. The molecule has 2 aromatic carbocycles. The summed E-state index contributed by atoms with van der Waals surface area (Å²) in [6.45, 7) is 4.38. The highest BCUT2D eigenvalue weighted by molar-refractivity contribution is 5.94. The number of rotatable bonds is 6. The van der Waals surface area contributed by atoms with Crippen molar-refractivity contribution >= 4 is 17.3 Å². The quantitative estimate of drug-likeness (QED) is 0.879. The number of nitrogens with zero attached hydrogens (tertiary/aromatic N) is 2. The molecule has 1 heterocycles. The number of carbonyl (C=O) groups excluding carboxylic acids is 1. The molecule has 0 aliphatic carbocycles. The summed E-state index contributed by atoms with van der Waals surface area (Å²) in [5.41, 5.74) is 1.96. The second-order valence-electron chi connectivity index (χ2n) is 6.27. The van der Waals surface area contributed by atoms with E-state index in [0.717, 1.165) is 43.3 Å². The Labute approximate surface area is 149 Å². The van der Waals surface area contributed by atoms with Gasteiger partial charge in [-0.25, -0.2) is 0 Å². The minimum Gasteiger partial charge on any atom is -0.493 e. The molecule has 1 saturated heterocycles. The summed E-state index contributed by atoms with van der Waals surface area (Å²) in [5.74, 6) is 0.755. The van der Waals surface area contributed by atoms with E-state index < -0.39 is 0 Å². The van der Waals surface area contributed by atoms with Crippen LogP contribution in [0.2, 0.25) is 0 Å². The summed E-state index contributed by atoms with van der Waals surface area (Å²) in [6.07, 6.45) is 0.325. The summed E-state index contributed by atoms with van der Waals surface area (Å²) < 4.78 is 5.60. The van der Waals surface area contributed by atoms with E-state index in [0.29, 0.717) is 13.0 Å². The number of ether oxygens (including phenoxy) is 1. The van der Waals surface area contributed by atoms with E-state index in [2.05, 4.69) is 28.2 Å². The first-order valence-electron chi connectivity index (χ1n) is 8.72. The zero-order valence-corrected chi connectivity index (χ0v) is 14.6. The maximum Gasteiger partial charge on any atom is 0.227 e. The van der Waals surface area contributed by atoms with E-state index in [1.54, 1.807) is 0 Å². The number of carbonyl (C=O) groups is 1. The predicted octanol–water partition coefficient (Wildman–Crippen LogP) is 2.85. The third kappa shape index (κ3) is 4.97. The Morgan fingerprint density at radius 1 is 1.00 bits per heavy atom. The molecule has 0 atom stereocenters. The molecule has 0 radical (unpaired) electrons. The molecule has 1 N–H and O–H groups in total. The van der Waals surface area contributed by atoms with E-state index in [-0.39, 0.29) is 5.91 Å². The average Bonchev–Trinajstić information content (AvgIpc) is 2.64. The van der Waals surface area contributed by atoms with E-state index in [1.807, 2.05) is 48.5 Å². The van der Waals surface area contributed by atoms with Gasteiger partial charge in [0.2, 0.25) is 5.91 Å². The number of likely N-dealkylation sites (N-methyl/N-ethyl adjacent to an activating group) is 1. The van der Waals surface area contributed by atoms with Crippen LogP contribution in [0.1, 0.15) is 6.42 Å². The Kier molecular flexibility index (Phi) is 5.90. The monoisotopic (exact) mass is 339 g/mol. The van der Waals surface area contributed by atoms with Crippen LogP contribution in [0.4, 0.5) is 11.4 Å². The van der Waals surface area contributed by atoms with Crippen LogP contribution in [0.15, 0.2) is 54.6 Å². The van der Waals surface area contributed by atoms with Crippen molar-refractivity contribution in [3.05, 3.63) is 54.6 Å². The van der Waals surface area contributed by atoms with Crippen molar-refractivity contribution in [3.8, 4) is 5.75 Å². The maximum atomic E-state index is 12.3. The van der Waals surface area contributed by atoms with Crippen molar-refractivity contribution in [1.29, 1.82) is 0 Å². The summed E-state index contributed by atoms with van der Waals surface area (Å²) in [6, 6.07) is 17.6. The number of para-hydroxylation sites is 3. The van der Waals surface area contributed by atoms with Crippen molar-refractivity contribution in [3.63, 3.8) is 0 Å². The molecule has 1 aliphatic rings. The van der Waals surface area contributed by atoms with Crippen LogP contribution in [0.25, 0.3) is 0 Å². The van der Waals surface area contributed by atoms with Crippen LogP contribution >= 0.6 is 0 Å². The molecule has 1 amide bonds. The number of hydrogen-bond acceptors (Lipinski definition) is 4. The normalized spacial score (nSPS) is 15.0. The Hall–Kier alpha value is -2.53. The lowest BCUT2D eigenvalue weighted by Gasteiger charge is -2.35. The average molecular weight is 339 g/mol. The molecule has 3 rings (SSSR count). The molecule has 5 nitrogen and oxygen atoms in total. The fourth-order valence-corrected chi connectivity index (χ4v) is 2.89. The highest BCUT2D eigenvalue weighted by Crippen LogP contribution is 2.26. The van der Waals surface area contributed by atoms with Crippen molar-refractivity contribution in [2.75, 3.05) is 50.1 Å². The molecule has 2 aromatic rings. The van der Waals surface area contributed by atoms with Gasteiger partial charge in [-0.05, 0) is 31.3 Å². The van der Waals surface area contributed by atoms with Crippen LogP contribution in [0, 0.1) is 0 Å². The van der Waals surface area contributed by atoms with Crippen LogP contribution in [-0.2, 0) is 4.79 Å². The van der Waals surface area contributed by atoms with Gasteiger partial charge in [-0.15, -0.1) is 0 Å². The van der Waals surface area contributed by atoms with Crippen LogP contribution < -0.4 is 15.0 Å². The Morgan fingerprint density at radius 2 is 1.68 bits per heavy atom. The molecule has 0 saturated carbocycles. The zero-order chi connectivity index (χ0) is 17.5. The molecule has 1 aliphatic heterocycles. The van der Waals surface area contributed by atoms with Gasteiger partial charge in [-0.2, -0.15) is 0 Å². The summed E-state index contributed by atoms with van der Waals surface area (Å²) in [7, 11) is 2.14. The van der Waals surface area contributed by atoms with Gasteiger partial charge in [0.15, 0.2) is 0 Å². The molecular weight excluding hydrogens is 314 g/mol. The number of nitrogens with one attached hydrogen (secondary N) is 1. The fourth-order valence-electron chi connectivity index (χ4n) is 2.89. The first-order valence-corrected chi connectivity index (χ1v) is 8.72. The van der Waals surface area contributed by atoms with Gasteiger partial charge >= 0.3 is 0 Å². The van der Waals surface area contributed by atoms with Crippen LogP contribution in [0.5, 0.6) is 5.75 Å². The van der Waals surface area contributed by atoms with Gasteiger partial charge in [-0.3, -0.25) is 4.79 Å². The molecule has 25 heavy (non-hydrogen) atoms. The second-order valence-corrected chi connectivity index (χ2v) is 6.27. The summed E-state index contributed by atoms with van der Waals surface area (Å²) in [5, 5.41) is 3.03. The molecule has 1 fully saturated rings. The topological polar surface area (TPSA) is 44.8 Å².